The third-order valence-corrected chi connectivity index (χ3v) is 3.36. The van der Waals surface area contributed by atoms with Crippen molar-refractivity contribution >= 4 is 5.91 Å². The van der Waals surface area contributed by atoms with Crippen molar-refractivity contribution in [2.24, 2.45) is 0 Å². The van der Waals surface area contributed by atoms with E-state index in [1.165, 1.54) is 11.1 Å². The Morgan fingerprint density at radius 3 is 2.79 bits per heavy atom. The molecule has 1 aromatic rings. The summed E-state index contributed by atoms with van der Waals surface area (Å²) in [6.45, 7) is 5.18. The summed E-state index contributed by atoms with van der Waals surface area (Å²) in [5.41, 5.74) is 2.19. The SMILES string of the molecule is COCC(C)(C)NC(=O)[C@@H]1Cc2ccccc2CN1. The molecule has 0 bridgehead atoms. The number of hydrogen-bond acceptors (Lipinski definition) is 3. The van der Waals surface area contributed by atoms with E-state index in [-0.39, 0.29) is 17.5 Å². The van der Waals surface area contributed by atoms with Gasteiger partial charge in [-0.25, -0.2) is 0 Å². The summed E-state index contributed by atoms with van der Waals surface area (Å²) in [6, 6.07) is 8.09. The average Bonchev–Trinajstić information content (AvgIpc) is 2.37. The van der Waals surface area contributed by atoms with E-state index in [0.29, 0.717) is 6.61 Å². The maximum absolute atomic E-state index is 12.3. The lowest BCUT2D eigenvalue weighted by Gasteiger charge is -2.30. The lowest BCUT2D eigenvalue weighted by molar-refractivity contribution is -0.125. The molecule has 19 heavy (non-hydrogen) atoms. The Morgan fingerprint density at radius 1 is 1.42 bits per heavy atom. The van der Waals surface area contributed by atoms with Crippen LogP contribution in [0.1, 0.15) is 25.0 Å². The van der Waals surface area contributed by atoms with Crippen LogP contribution in [-0.2, 0) is 22.5 Å². The standard InChI is InChI=1S/C15H22N2O2/c1-15(2,10-19-3)17-14(18)13-8-11-6-4-5-7-12(11)9-16-13/h4-7,13,16H,8-10H2,1-3H3,(H,17,18)/t13-/m0/s1. The number of amides is 1. The van der Waals surface area contributed by atoms with E-state index >= 15 is 0 Å². The van der Waals surface area contributed by atoms with Crippen LogP contribution in [0.5, 0.6) is 0 Å². The van der Waals surface area contributed by atoms with E-state index in [1.54, 1.807) is 7.11 Å². The molecule has 1 aromatic carbocycles. The van der Waals surface area contributed by atoms with E-state index in [2.05, 4.69) is 22.8 Å². The highest BCUT2D eigenvalue weighted by Crippen LogP contribution is 2.16. The Morgan fingerprint density at radius 2 is 2.11 bits per heavy atom. The van der Waals surface area contributed by atoms with Crippen molar-refractivity contribution in [3.05, 3.63) is 35.4 Å². The molecule has 0 fully saturated rings. The lowest BCUT2D eigenvalue weighted by atomic mass is 9.95. The number of carbonyl (C=O) groups excluding carboxylic acids is 1. The molecule has 1 amide bonds. The van der Waals surface area contributed by atoms with E-state index in [4.69, 9.17) is 4.74 Å². The predicted molar refractivity (Wildman–Crippen MR) is 74.9 cm³/mol. The summed E-state index contributed by atoms with van der Waals surface area (Å²) in [6.07, 6.45) is 0.741. The van der Waals surface area contributed by atoms with E-state index in [1.807, 2.05) is 26.0 Å². The van der Waals surface area contributed by atoms with Gasteiger partial charge in [0.15, 0.2) is 0 Å². The van der Waals surface area contributed by atoms with Crippen LogP contribution >= 0.6 is 0 Å². The van der Waals surface area contributed by atoms with Gasteiger partial charge in [-0.15, -0.1) is 0 Å². The lowest BCUT2D eigenvalue weighted by Crippen LogP contribution is -2.55. The first-order chi connectivity index (χ1) is 9.02. The fraction of sp³-hybridized carbons (Fsp3) is 0.533. The van der Waals surface area contributed by atoms with Gasteiger partial charge in [0.05, 0.1) is 18.2 Å². The second-order valence-corrected chi connectivity index (χ2v) is 5.71. The molecule has 0 spiro atoms. The molecule has 0 saturated heterocycles. The van der Waals surface area contributed by atoms with Crippen LogP contribution in [0.15, 0.2) is 24.3 Å². The predicted octanol–water partition coefficient (Wildman–Crippen LogP) is 1.24. The molecule has 1 aliphatic heterocycles. The molecule has 0 radical (unpaired) electrons. The number of ether oxygens (including phenoxy) is 1. The van der Waals surface area contributed by atoms with Crippen molar-refractivity contribution < 1.29 is 9.53 Å². The highest BCUT2D eigenvalue weighted by Gasteiger charge is 2.28. The molecule has 0 aromatic heterocycles. The molecule has 1 heterocycles. The maximum Gasteiger partial charge on any atom is 0.237 e. The first kappa shape index (κ1) is 14.0. The fourth-order valence-corrected chi connectivity index (χ4v) is 2.46. The van der Waals surface area contributed by atoms with Crippen molar-refractivity contribution in [2.45, 2.75) is 38.4 Å². The van der Waals surface area contributed by atoms with Gasteiger partial charge >= 0.3 is 0 Å². The van der Waals surface area contributed by atoms with Gasteiger partial charge in [-0.3, -0.25) is 4.79 Å². The zero-order valence-corrected chi connectivity index (χ0v) is 11.8. The van der Waals surface area contributed by atoms with Crippen molar-refractivity contribution in [3.63, 3.8) is 0 Å². The molecule has 2 rings (SSSR count). The van der Waals surface area contributed by atoms with Crippen molar-refractivity contribution in [1.29, 1.82) is 0 Å². The Labute approximate surface area is 114 Å². The Kier molecular flexibility index (Phi) is 4.22. The highest BCUT2D eigenvalue weighted by atomic mass is 16.5. The molecule has 2 N–H and O–H groups in total. The second-order valence-electron chi connectivity index (χ2n) is 5.71. The Hall–Kier alpha value is -1.39. The summed E-state index contributed by atoms with van der Waals surface area (Å²) in [4.78, 5) is 12.3. The zero-order chi connectivity index (χ0) is 13.9. The molecule has 0 unspecified atom stereocenters. The van der Waals surface area contributed by atoms with Crippen molar-refractivity contribution in [3.8, 4) is 0 Å². The fourth-order valence-electron chi connectivity index (χ4n) is 2.46. The summed E-state index contributed by atoms with van der Waals surface area (Å²) in [5, 5.41) is 6.32. The maximum atomic E-state index is 12.3. The van der Waals surface area contributed by atoms with Crippen molar-refractivity contribution in [1.82, 2.24) is 10.6 Å². The number of benzene rings is 1. The summed E-state index contributed by atoms with van der Waals surface area (Å²) < 4.78 is 5.12. The first-order valence-electron chi connectivity index (χ1n) is 6.63. The van der Waals surface area contributed by atoms with Crippen LogP contribution in [0.25, 0.3) is 0 Å². The van der Waals surface area contributed by atoms with E-state index in [0.717, 1.165) is 13.0 Å². The molecular weight excluding hydrogens is 240 g/mol. The van der Waals surface area contributed by atoms with Gasteiger partial charge in [-0.2, -0.15) is 0 Å². The minimum absolute atomic E-state index is 0.0385. The Balaban J connectivity index is 1.99. The zero-order valence-electron chi connectivity index (χ0n) is 11.8. The topological polar surface area (TPSA) is 50.4 Å². The molecular formula is C15H22N2O2. The third kappa shape index (κ3) is 3.55. The normalized spacial score (nSPS) is 18.8. The quantitative estimate of drug-likeness (QED) is 0.858. The molecule has 0 aliphatic carbocycles. The third-order valence-electron chi connectivity index (χ3n) is 3.36. The average molecular weight is 262 g/mol. The van der Waals surface area contributed by atoms with Gasteiger partial charge in [-0.05, 0) is 31.4 Å². The molecule has 4 nitrogen and oxygen atoms in total. The molecule has 104 valence electrons. The smallest absolute Gasteiger partial charge is 0.237 e. The molecule has 0 saturated carbocycles. The van der Waals surface area contributed by atoms with Crippen LogP contribution < -0.4 is 10.6 Å². The molecule has 4 heteroatoms. The summed E-state index contributed by atoms with van der Waals surface area (Å²) in [7, 11) is 1.64. The van der Waals surface area contributed by atoms with Gasteiger partial charge in [0.1, 0.15) is 0 Å². The van der Waals surface area contributed by atoms with Gasteiger partial charge < -0.3 is 15.4 Å². The number of hydrogen-bond donors (Lipinski definition) is 2. The first-order valence-corrected chi connectivity index (χ1v) is 6.63. The number of rotatable bonds is 4. The summed E-state index contributed by atoms with van der Waals surface area (Å²) >= 11 is 0. The van der Waals surface area contributed by atoms with Gasteiger partial charge in [0.25, 0.3) is 0 Å². The number of carbonyl (C=O) groups is 1. The van der Waals surface area contributed by atoms with Crippen molar-refractivity contribution in [2.75, 3.05) is 13.7 Å². The van der Waals surface area contributed by atoms with Gasteiger partial charge in [-0.1, -0.05) is 24.3 Å². The minimum Gasteiger partial charge on any atom is -0.382 e. The molecule has 1 aliphatic rings. The van der Waals surface area contributed by atoms with Crippen LogP contribution in [-0.4, -0.2) is 31.2 Å². The van der Waals surface area contributed by atoms with Crippen LogP contribution in [0.2, 0.25) is 0 Å². The van der Waals surface area contributed by atoms with E-state index < -0.39 is 0 Å². The number of methoxy groups -OCH3 is 1. The van der Waals surface area contributed by atoms with Gasteiger partial charge in [0.2, 0.25) is 5.91 Å². The number of nitrogens with one attached hydrogen (secondary N) is 2. The monoisotopic (exact) mass is 262 g/mol. The minimum atomic E-state index is -0.343. The second kappa shape index (κ2) is 5.72. The van der Waals surface area contributed by atoms with E-state index in [9.17, 15) is 4.79 Å². The summed E-state index contributed by atoms with van der Waals surface area (Å²) in [5.74, 6) is 0.0385. The van der Waals surface area contributed by atoms with Gasteiger partial charge in [0, 0.05) is 13.7 Å². The Bertz CT molecular complexity index is 457. The highest BCUT2D eigenvalue weighted by molar-refractivity contribution is 5.83. The largest absolute Gasteiger partial charge is 0.382 e. The molecule has 1 atom stereocenters. The van der Waals surface area contributed by atoms with Crippen LogP contribution in [0.3, 0.4) is 0 Å². The van der Waals surface area contributed by atoms with Crippen LogP contribution in [0.4, 0.5) is 0 Å². The van der Waals surface area contributed by atoms with Crippen LogP contribution in [0, 0.1) is 0 Å². The number of fused-ring (bicyclic) bond motifs is 1.